The quantitative estimate of drug-likeness (QED) is 0.435. The van der Waals surface area contributed by atoms with E-state index in [9.17, 15) is 22.7 Å². The molecule has 0 aromatic carbocycles. The molecule has 14 heteroatoms. The van der Waals surface area contributed by atoms with E-state index in [0.717, 1.165) is 19.8 Å². The van der Waals surface area contributed by atoms with Gasteiger partial charge in [-0.1, -0.05) is 0 Å². The highest BCUT2D eigenvalue weighted by molar-refractivity contribution is 5.79. The number of hydrogen-bond donors (Lipinski definition) is 3. The average Bonchev–Trinajstić information content (AvgIpc) is 3.29. The first-order chi connectivity index (χ1) is 18.6. The van der Waals surface area contributed by atoms with Crippen molar-refractivity contribution in [1.82, 2.24) is 15.0 Å². The summed E-state index contributed by atoms with van der Waals surface area (Å²) < 4.78 is 67.6. The van der Waals surface area contributed by atoms with Crippen molar-refractivity contribution in [2.24, 2.45) is 0 Å². The van der Waals surface area contributed by atoms with Crippen molar-refractivity contribution >= 4 is 29.0 Å². The molecule has 2 aromatic rings. The lowest BCUT2D eigenvalue weighted by atomic mass is 10.1. The van der Waals surface area contributed by atoms with Gasteiger partial charge in [-0.25, -0.2) is 14.4 Å². The molecule has 0 bridgehead atoms. The van der Waals surface area contributed by atoms with Crippen LogP contribution in [-0.2, 0) is 9.47 Å². The van der Waals surface area contributed by atoms with Gasteiger partial charge in [0, 0.05) is 25.4 Å². The largest absolute Gasteiger partial charge is 0.408 e. The molecule has 5 heterocycles. The van der Waals surface area contributed by atoms with E-state index in [0.29, 0.717) is 36.8 Å². The third-order valence-electron chi connectivity index (χ3n) is 7.29. The average molecular weight is 556 g/mol. The molecule has 2 aromatic heterocycles. The SMILES string of the molecule is CC(OC1CCCCO1)C1Nc2cnc(Nc3ccnc(N4CCC(O)C(F)C4)n3)cc2N1[C@@H](C)C(F)(F)F. The number of ether oxygens (including phenoxy) is 2. The zero-order valence-corrected chi connectivity index (χ0v) is 21.7. The van der Waals surface area contributed by atoms with Crippen molar-refractivity contribution < 1.29 is 32.1 Å². The van der Waals surface area contributed by atoms with Gasteiger partial charge >= 0.3 is 6.18 Å². The van der Waals surface area contributed by atoms with Crippen LogP contribution in [0.1, 0.15) is 39.5 Å². The highest BCUT2D eigenvalue weighted by Crippen LogP contribution is 2.42. The Morgan fingerprint density at radius 3 is 2.74 bits per heavy atom. The van der Waals surface area contributed by atoms with Gasteiger partial charge in [0.25, 0.3) is 0 Å². The van der Waals surface area contributed by atoms with Crippen LogP contribution in [0.5, 0.6) is 0 Å². The molecule has 6 atom stereocenters. The van der Waals surface area contributed by atoms with Crippen molar-refractivity contribution in [3.63, 3.8) is 0 Å². The van der Waals surface area contributed by atoms with Crippen LogP contribution in [0.15, 0.2) is 24.5 Å². The third kappa shape index (κ3) is 6.12. The van der Waals surface area contributed by atoms with Crippen LogP contribution in [-0.4, -0.2) is 82.8 Å². The normalized spacial score (nSPS) is 27.1. The maximum absolute atomic E-state index is 14.0. The van der Waals surface area contributed by atoms with Crippen LogP contribution in [0.25, 0.3) is 0 Å². The number of aliphatic hydroxyl groups excluding tert-OH is 1. The summed E-state index contributed by atoms with van der Waals surface area (Å²) in [7, 11) is 0. The lowest BCUT2D eigenvalue weighted by Crippen LogP contribution is -2.54. The summed E-state index contributed by atoms with van der Waals surface area (Å²) in [5.41, 5.74) is 0.771. The number of nitrogens with zero attached hydrogens (tertiary/aromatic N) is 5. The van der Waals surface area contributed by atoms with Crippen LogP contribution < -0.4 is 20.4 Å². The zero-order chi connectivity index (χ0) is 27.7. The molecule has 214 valence electrons. The highest BCUT2D eigenvalue weighted by atomic mass is 19.4. The number of pyridine rings is 1. The summed E-state index contributed by atoms with van der Waals surface area (Å²) in [6.07, 6.45) is -2.99. The van der Waals surface area contributed by atoms with Crippen LogP contribution >= 0.6 is 0 Å². The number of rotatable bonds is 7. The Kier molecular flexibility index (Phi) is 7.96. The minimum Gasteiger partial charge on any atom is -0.390 e. The predicted molar refractivity (Wildman–Crippen MR) is 137 cm³/mol. The van der Waals surface area contributed by atoms with Gasteiger partial charge in [-0.3, -0.25) is 0 Å². The monoisotopic (exact) mass is 555 g/mol. The van der Waals surface area contributed by atoms with Gasteiger partial charge in [0.15, 0.2) is 6.29 Å². The number of alkyl halides is 4. The fourth-order valence-corrected chi connectivity index (χ4v) is 5.08. The number of nitrogens with one attached hydrogen (secondary N) is 2. The fourth-order valence-electron chi connectivity index (χ4n) is 5.08. The Bertz CT molecular complexity index is 1140. The molecule has 2 fully saturated rings. The second-order valence-corrected chi connectivity index (χ2v) is 10.1. The van der Waals surface area contributed by atoms with E-state index in [1.54, 1.807) is 17.9 Å². The molecule has 0 aliphatic carbocycles. The molecule has 3 N–H and O–H groups in total. The van der Waals surface area contributed by atoms with Crippen LogP contribution in [0, 0.1) is 0 Å². The topological polar surface area (TPSA) is 108 Å². The van der Waals surface area contributed by atoms with Gasteiger partial charge in [-0.2, -0.15) is 18.2 Å². The number of aliphatic hydroxyl groups is 1. The van der Waals surface area contributed by atoms with Gasteiger partial charge in [-0.15, -0.1) is 0 Å². The van der Waals surface area contributed by atoms with E-state index in [1.807, 2.05) is 0 Å². The minimum atomic E-state index is -4.49. The molecular weight excluding hydrogens is 522 g/mol. The molecule has 0 amide bonds. The standard InChI is InChI=1S/C25H33F4N7O3/c1-14(39-22-5-3-4-10-38-22)23-32-17-12-31-21(11-18(17)36(23)15(2)25(27,28)29)33-20-6-8-30-24(34-20)35-9-7-19(37)16(26)13-35/h6,8,11-12,14-16,19,22-23,32,37H,3-5,7,9-10,13H2,1-2H3,(H,30,31,33,34)/t14?,15-,16?,19?,22?,23?/m0/s1. The lowest BCUT2D eigenvalue weighted by Gasteiger charge is -2.38. The van der Waals surface area contributed by atoms with E-state index in [-0.39, 0.29) is 24.7 Å². The molecule has 10 nitrogen and oxygen atoms in total. The molecular formula is C25H33F4N7O3. The Balaban J connectivity index is 1.36. The lowest BCUT2D eigenvalue weighted by molar-refractivity contribution is -0.189. The second kappa shape index (κ2) is 11.3. The summed E-state index contributed by atoms with van der Waals surface area (Å²) in [6.45, 7) is 3.77. The van der Waals surface area contributed by atoms with Gasteiger partial charge in [-0.05, 0) is 45.6 Å². The maximum Gasteiger partial charge on any atom is 0.408 e. The molecule has 3 aliphatic heterocycles. The fraction of sp³-hybridized carbons (Fsp3) is 0.640. The Hall–Kier alpha value is -2.97. The molecule has 0 radical (unpaired) electrons. The van der Waals surface area contributed by atoms with Gasteiger partial charge in [0.05, 0.1) is 36.3 Å². The third-order valence-corrected chi connectivity index (χ3v) is 7.29. The summed E-state index contributed by atoms with van der Waals surface area (Å²) in [6, 6.07) is 1.31. The summed E-state index contributed by atoms with van der Waals surface area (Å²) in [4.78, 5) is 15.9. The van der Waals surface area contributed by atoms with E-state index in [1.165, 1.54) is 23.4 Å². The number of aromatic nitrogens is 3. The number of anilines is 5. The van der Waals surface area contributed by atoms with Crippen LogP contribution in [0.3, 0.4) is 0 Å². The molecule has 0 spiro atoms. The molecule has 0 saturated carbocycles. The molecule has 39 heavy (non-hydrogen) atoms. The first-order valence-electron chi connectivity index (χ1n) is 13.2. The van der Waals surface area contributed by atoms with Crippen molar-refractivity contribution in [3.8, 4) is 0 Å². The van der Waals surface area contributed by atoms with Crippen molar-refractivity contribution in [1.29, 1.82) is 0 Å². The molecule has 3 aliphatic rings. The Morgan fingerprint density at radius 2 is 2.03 bits per heavy atom. The summed E-state index contributed by atoms with van der Waals surface area (Å²) in [5.74, 6) is 0.903. The predicted octanol–water partition coefficient (Wildman–Crippen LogP) is 3.96. The first-order valence-corrected chi connectivity index (χ1v) is 13.2. The summed E-state index contributed by atoms with van der Waals surface area (Å²) >= 11 is 0. The second-order valence-electron chi connectivity index (χ2n) is 10.1. The minimum absolute atomic E-state index is 0.0365. The van der Waals surface area contributed by atoms with Crippen LogP contribution in [0.2, 0.25) is 0 Å². The van der Waals surface area contributed by atoms with Crippen molar-refractivity contribution in [2.75, 3.05) is 40.1 Å². The smallest absolute Gasteiger partial charge is 0.390 e. The first kappa shape index (κ1) is 27.6. The Labute approximate surface area is 223 Å². The zero-order valence-electron chi connectivity index (χ0n) is 21.7. The van der Waals surface area contributed by atoms with Gasteiger partial charge in [0.2, 0.25) is 5.95 Å². The van der Waals surface area contributed by atoms with Crippen LogP contribution in [0.4, 0.5) is 46.5 Å². The van der Waals surface area contributed by atoms with E-state index in [4.69, 9.17) is 9.47 Å². The molecule has 2 saturated heterocycles. The van der Waals surface area contributed by atoms with E-state index >= 15 is 0 Å². The molecule has 5 rings (SSSR count). The maximum atomic E-state index is 14.0. The highest BCUT2D eigenvalue weighted by Gasteiger charge is 2.47. The number of halogens is 4. The number of hydrogen-bond acceptors (Lipinski definition) is 10. The van der Waals surface area contributed by atoms with E-state index in [2.05, 4.69) is 25.6 Å². The van der Waals surface area contributed by atoms with Crippen molar-refractivity contribution in [2.45, 2.75) is 82.6 Å². The number of fused-ring (bicyclic) bond motifs is 1. The van der Waals surface area contributed by atoms with Gasteiger partial charge < -0.3 is 35.0 Å². The summed E-state index contributed by atoms with van der Waals surface area (Å²) in [5, 5.41) is 15.8. The Morgan fingerprint density at radius 1 is 1.21 bits per heavy atom. The van der Waals surface area contributed by atoms with Gasteiger partial charge in [0.1, 0.15) is 30.0 Å². The van der Waals surface area contributed by atoms with Crippen molar-refractivity contribution in [3.05, 3.63) is 24.5 Å². The molecule has 5 unspecified atom stereocenters. The number of piperidine rings is 1. The van der Waals surface area contributed by atoms with E-state index < -0.39 is 43.1 Å².